The molecule has 25 heavy (non-hydrogen) atoms. The van der Waals surface area contributed by atoms with E-state index in [1.807, 2.05) is 19.1 Å². The fourth-order valence-electron chi connectivity index (χ4n) is 3.85. The van der Waals surface area contributed by atoms with Gasteiger partial charge in [0.25, 0.3) is 0 Å². The topological polar surface area (TPSA) is 50.0 Å². The van der Waals surface area contributed by atoms with Gasteiger partial charge in [-0.2, -0.15) is 0 Å². The highest BCUT2D eigenvalue weighted by molar-refractivity contribution is 5.80. The molecule has 2 aliphatic rings. The zero-order valence-corrected chi connectivity index (χ0v) is 15.4. The van der Waals surface area contributed by atoms with Crippen LogP contribution in [-0.4, -0.2) is 50.3 Å². The molecular weight excluding hydrogens is 314 g/mol. The number of piperidine rings is 1. The van der Waals surface area contributed by atoms with E-state index in [0.717, 1.165) is 56.6 Å². The van der Waals surface area contributed by atoms with Gasteiger partial charge in [-0.05, 0) is 44.7 Å². The van der Waals surface area contributed by atoms with E-state index < -0.39 is 0 Å². The number of hydrogen-bond donors (Lipinski definition) is 1. The Bertz CT molecular complexity index is 568. The van der Waals surface area contributed by atoms with Crippen molar-refractivity contribution in [3.8, 4) is 0 Å². The molecule has 1 atom stereocenters. The predicted molar refractivity (Wildman–Crippen MR) is 101 cm³/mol. The number of guanidine groups is 1. The van der Waals surface area contributed by atoms with Crippen LogP contribution in [0.1, 0.15) is 38.4 Å². The zero-order valence-electron chi connectivity index (χ0n) is 15.4. The van der Waals surface area contributed by atoms with Gasteiger partial charge in [0.05, 0.1) is 19.4 Å². The van der Waals surface area contributed by atoms with Crippen LogP contribution in [-0.2, 0) is 11.2 Å². The minimum atomic E-state index is 0.309. The van der Waals surface area contributed by atoms with Crippen molar-refractivity contribution in [1.29, 1.82) is 0 Å². The number of nitrogens with one attached hydrogen (secondary N) is 1. The maximum atomic E-state index is 5.81. The molecule has 3 heterocycles. The molecule has 0 aliphatic carbocycles. The van der Waals surface area contributed by atoms with Crippen LogP contribution in [0.5, 0.6) is 0 Å². The highest BCUT2D eigenvalue weighted by Gasteiger charge is 2.38. The number of hydrogen-bond acceptors (Lipinski definition) is 3. The Labute approximate surface area is 151 Å². The van der Waals surface area contributed by atoms with Gasteiger partial charge in [-0.25, -0.2) is 4.99 Å². The Morgan fingerprint density at radius 1 is 1.40 bits per heavy atom. The number of rotatable bonds is 5. The summed E-state index contributed by atoms with van der Waals surface area (Å²) < 4.78 is 11.2. The smallest absolute Gasteiger partial charge is 0.194 e. The summed E-state index contributed by atoms with van der Waals surface area (Å²) >= 11 is 0. The van der Waals surface area contributed by atoms with Crippen molar-refractivity contribution >= 4 is 5.96 Å². The van der Waals surface area contributed by atoms with E-state index in [9.17, 15) is 0 Å². The molecule has 1 spiro atoms. The molecule has 1 unspecified atom stereocenters. The molecule has 0 radical (unpaired) electrons. The van der Waals surface area contributed by atoms with Crippen molar-refractivity contribution in [2.45, 2.75) is 39.0 Å². The molecule has 2 saturated heterocycles. The van der Waals surface area contributed by atoms with Crippen LogP contribution in [0.15, 0.2) is 40.0 Å². The van der Waals surface area contributed by atoms with Gasteiger partial charge in [0.2, 0.25) is 0 Å². The number of nitrogens with zero attached hydrogens (tertiary/aromatic N) is 2. The van der Waals surface area contributed by atoms with E-state index in [4.69, 9.17) is 14.1 Å². The molecular formula is C20H31N3O2. The molecule has 5 heteroatoms. The molecule has 1 N–H and O–H groups in total. The minimum Gasteiger partial charge on any atom is -0.469 e. The molecule has 0 bridgehead atoms. The maximum Gasteiger partial charge on any atom is 0.194 e. The van der Waals surface area contributed by atoms with Crippen LogP contribution in [0, 0.1) is 5.41 Å². The summed E-state index contributed by atoms with van der Waals surface area (Å²) in [6.07, 6.45) is 7.50. The second-order valence-electron chi connectivity index (χ2n) is 7.53. The molecule has 138 valence electrons. The molecule has 3 rings (SSSR count). The van der Waals surface area contributed by atoms with E-state index in [1.165, 1.54) is 25.7 Å². The normalized spacial score (nSPS) is 24.5. The molecule has 1 aromatic heterocycles. The number of furan rings is 1. The van der Waals surface area contributed by atoms with Crippen molar-refractivity contribution < 1.29 is 9.15 Å². The highest BCUT2D eigenvalue weighted by Crippen LogP contribution is 2.37. The van der Waals surface area contributed by atoms with Crippen LogP contribution in [0.3, 0.4) is 0 Å². The van der Waals surface area contributed by atoms with Crippen LogP contribution >= 0.6 is 0 Å². The lowest BCUT2D eigenvalue weighted by Crippen LogP contribution is -2.53. The monoisotopic (exact) mass is 345 g/mol. The Hall–Kier alpha value is -1.75. The van der Waals surface area contributed by atoms with E-state index >= 15 is 0 Å². The van der Waals surface area contributed by atoms with Gasteiger partial charge in [-0.1, -0.05) is 12.2 Å². The minimum absolute atomic E-state index is 0.309. The van der Waals surface area contributed by atoms with Gasteiger partial charge < -0.3 is 19.4 Å². The number of ether oxygens (including phenoxy) is 1. The third-order valence-corrected chi connectivity index (χ3v) is 5.10. The Morgan fingerprint density at radius 2 is 2.28 bits per heavy atom. The van der Waals surface area contributed by atoms with E-state index in [2.05, 4.69) is 16.8 Å². The zero-order chi connectivity index (χ0) is 17.5. The average Bonchev–Trinajstić information content (AvgIpc) is 3.12. The molecule has 0 saturated carbocycles. The third kappa shape index (κ3) is 5.11. The van der Waals surface area contributed by atoms with E-state index in [1.54, 1.807) is 6.26 Å². The Kier molecular flexibility index (Phi) is 6.19. The predicted octanol–water partition coefficient (Wildman–Crippen LogP) is 3.24. The summed E-state index contributed by atoms with van der Waals surface area (Å²) in [7, 11) is 0. The second kappa shape index (κ2) is 8.56. The quantitative estimate of drug-likeness (QED) is 0.506. The van der Waals surface area contributed by atoms with Crippen molar-refractivity contribution in [1.82, 2.24) is 10.2 Å². The molecule has 2 aliphatic heterocycles. The lowest BCUT2D eigenvalue weighted by atomic mass is 9.76. The van der Waals surface area contributed by atoms with Crippen molar-refractivity contribution in [3.05, 3.63) is 36.3 Å². The van der Waals surface area contributed by atoms with E-state index in [0.29, 0.717) is 12.0 Å². The lowest BCUT2D eigenvalue weighted by molar-refractivity contribution is -0.0370. The van der Waals surface area contributed by atoms with Crippen molar-refractivity contribution in [2.24, 2.45) is 10.4 Å². The fraction of sp³-hybridized carbons (Fsp3) is 0.650. The van der Waals surface area contributed by atoms with Gasteiger partial charge in [0, 0.05) is 38.1 Å². The van der Waals surface area contributed by atoms with Crippen LogP contribution in [0.25, 0.3) is 0 Å². The van der Waals surface area contributed by atoms with Crippen LogP contribution in [0.4, 0.5) is 0 Å². The molecule has 1 aromatic rings. The summed E-state index contributed by atoms with van der Waals surface area (Å²) in [5.41, 5.74) is 1.39. The van der Waals surface area contributed by atoms with Gasteiger partial charge in [0.1, 0.15) is 5.76 Å². The molecule has 2 fully saturated rings. The van der Waals surface area contributed by atoms with Crippen LogP contribution in [0.2, 0.25) is 0 Å². The molecule has 0 aromatic carbocycles. The second-order valence-corrected chi connectivity index (χ2v) is 7.53. The van der Waals surface area contributed by atoms with Crippen molar-refractivity contribution in [3.63, 3.8) is 0 Å². The number of likely N-dealkylation sites (tertiary alicyclic amines) is 1. The van der Waals surface area contributed by atoms with Crippen LogP contribution < -0.4 is 5.32 Å². The van der Waals surface area contributed by atoms with Gasteiger partial charge in [-0.3, -0.25) is 0 Å². The van der Waals surface area contributed by atoms with Crippen molar-refractivity contribution in [2.75, 3.05) is 39.4 Å². The standard InChI is InChI=1S/C20H31N3O2/c1-17(2)14-22-19(21-10-7-18-6-3-13-25-18)23-11-4-8-20(15-23)9-5-12-24-16-20/h3,6,13H,1,4-5,7-12,14-16H2,2H3,(H,21,22). The Morgan fingerprint density at radius 3 is 3.00 bits per heavy atom. The summed E-state index contributed by atoms with van der Waals surface area (Å²) in [6.45, 7) is 11.4. The first kappa shape index (κ1) is 18.1. The first-order valence-electron chi connectivity index (χ1n) is 9.45. The summed E-state index contributed by atoms with van der Waals surface area (Å²) in [4.78, 5) is 7.22. The molecule has 0 amide bonds. The SMILES string of the molecule is C=C(C)CN=C(NCCc1ccco1)N1CCCC2(CCCOC2)C1. The summed E-state index contributed by atoms with van der Waals surface area (Å²) in [5.74, 6) is 2.00. The van der Waals surface area contributed by atoms with Gasteiger partial charge in [-0.15, -0.1) is 0 Å². The number of aliphatic imine (C=N–C) groups is 1. The van der Waals surface area contributed by atoms with E-state index in [-0.39, 0.29) is 0 Å². The first-order valence-corrected chi connectivity index (χ1v) is 9.45. The van der Waals surface area contributed by atoms with Gasteiger partial charge >= 0.3 is 0 Å². The Balaban J connectivity index is 1.62. The third-order valence-electron chi connectivity index (χ3n) is 5.10. The first-order chi connectivity index (χ1) is 12.2. The lowest BCUT2D eigenvalue weighted by Gasteiger charge is -2.45. The summed E-state index contributed by atoms with van der Waals surface area (Å²) in [5, 5.41) is 3.54. The largest absolute Gasteiger partial charge is 0.469 e. The summed E-state index contributed by atoms with van der Waals surface area (Å²) in [6, 6.07) is 3.95. The maximum absolute atomic E-state index is 5.81. The van der Waals surface area contributed by atoms with Gasteiger partial charge in [0.15, 0.2) is 5.96 Å². The average molecular weight is 345 g/mol. The highest BCUT2D eigenvalue weighted by atomic mass is 16.5. The fourth-order valence-corrected chi connectivity index (χ4v) is 3.85. The molecule has 5 nitrogen and oxygen atoms in total.